The van der Waals surface area contributed by atoms with Crippen molar-refractivity contribution in [1.82, 2.24) is 9.62 Å². The molecule has 0 radical (unpaired) electrons. The Morgan fingerprint density at radius 3 is 2.56 bits per heavy atom. The van der Waals surface area contributed by atoms with E-state index in [1.165, 1.54) is 11.3 Å². The molecule has 1 aliphatic rings. The predicted octanol–water partition coefficient (Wildman–Crippen LogP) is 4.65. The fourth-order valence-corrected chi connectivity index (χ4v) is 7.23. The molecule has 1 saturated heterocycles. The van der Waals surface area contributed by atoms with Gasteiger partial charge >= 0.3 is 0 Å². The van der Waals surface area contributed by atoms with Gasteiger partial charge in [0.15, 0.2) is 4.91 Å². The highest BCUT2D eigenvalue weighted by Crippen LogP contribution is 2.35. The largest absolute Gasteiger partial charge is 0.396 e. The lowest BCUT2D eigenvalue weighted by molar-refractivity contribution is 0.0398. The predicted molar refractivity (Wildman–Crippen MR) is 159 cm³/mol. The molecule has 0 aliphatic carbocycles. The smallest absolute Gasteiger partial charge is 0.251 e. The SMILES string of the molecule is CC(=C(C#N)S(=O)(=O)NC(C)(C)CCO)c1ccc(-c2ccc3cc(NCCN4CCOCC4)ccc3c2)s1. The lowest BCUT2D eigenvalue weighted by Gasteiger charge is -2.26. The first kappa shape index (κ1) is 29.2. The number of hydrogen-bond donors (Lipinski definition) is 3. The van der Waals surface area contributed by atoms with Gasteiger partial charge in [-0.1, -0.05) is 18.2 Å². The first-order valence-corrected chi connectivity index (χ1v) is 15.4. The topological polar surface area (TPSA) is 115 Å². The second-order valence-electron chi connectivity index (χ2n) is 10.4. The quantitative estimate of drug-likeness (QED) is 0.289. The van der Waals surface area contributed by atoms with E-state index in [0.29, 0.717) is 10.5 Å². The maximum absolute atomic E-state index is 13.0. The van der Waals surface area contributed by atoms with Crippen LogP contribution in [-0.4, -0.2) is 70.0 Å². The molecule has 8 nitrogen and oxygen atoms in total. The average molecular weight is 569 g/mol. The zero-order valence-corrected chi connectivity index (χ0v) is 24.3. The Kier molecular flexibility index (Phi) is 9.43. The van der Waals surface area contributed by atoms with Crippen LogP contribution in [0.2, 0.25) is 0 Å². The summed E-state index contributed by atoms with van der Waals surface area (Å²) in [6.07, 6.45) is 0.237. The Balaban J connectivity index is 1.49. The number of hydrogen-bond acceptors (Lipinski definition) is 8. The third kappa shape index (κ3) is 7.45. The molecule has 0 spiro atoms. The highest BCUT2D eigenvalue weighted by molar-refractivity contribution is 7.94. The number of nitriles is 1. The third-order valence-electron chi connectivity index (χ3n) is 6.82. The van der Waals surface area contributed by atoms with Gasteiger partial charge in [0.1, 0.15) is 6.07 Å². The number of aliphatic hydroxyl groups is 1. The van der Waals surface area contributed by atoms with E-state index in [2.05, 4.69) is 51.3 Å². The van der Waals surface area contributed by atoms with Crippen molar-refractivity contribution in [2.24, 2.45) is 0 Å². The van der Waals surface area contributed by atoms with Crippen molar-refractivity contribution >= 4 is 43.4 Å². The van der Waals surface area contributed by atoms with Gasteiger partial charge in [0.2, 0.25) is 0 Å². The summed E-state index contributed by atoms with van der Waals surface area (Å²) < 4.78 is 33.9. The van der Waals surface area contributed by atoms with Crippen LogP contribution >= 0.6 is 11.3 Å². The molecule has 2 heterocycles. The van der Waals surface area contributed by atoms with Crippen LogP contribution in [0.1, 0.15) is 32.1 Å². The minimum absolute atomic E-state index is 0.160. The highest BCUT2D eigenvalue weighted by Gasteiger charge is 2.29. The van der Waals surface area contributed by atoms with Crippen LogP contribution in [0.25, 0.3) is 26.8 Å². The highest BCUT2D eigenvalue weighted by atomic mass is 32.2. The van der Waals surface area contributed by atoms with Gasteiger partial charge in [-0.05, 0) is 79.4 Å². The van der Waals surface area contributed by atoms with Crippen LogP contribution in [0, 0.1) is 11.3 Å². The maximum Gasteiger partial charge on any atom is 0.251 e. The molecule has 0 saturated carbocycles. The molecule has 1 aromatic heterocycles. The van der Waals surface area contributed by atoms with Crippen molar-refractivity contribution in [3.8, 4) is 16.5 Å². The van der Waals surface area contributed by atoms with Crippen LogP contribution in [-0.2, 0) is 14.8 Å². The van der Waals surface area contributed by atoms with Gasteiger partial charge in [-0.25, -0.2) is 13.1 Å². The van der Waals surface area contributed by atoms with Crippen molar-refractivity contribution < 1.29 is 18.3 Å². The van der Waals surface area contributed by atoms with E-state index in [1.807, 2.05) is 18.2 Å². The van der Waals surface area contributed by atoms with Gasteiger partial charge in [-0.15, -0.1) is 11.3 Å². The number of nitrogens with one attached hydrogen (secondary N) is 2. The molecule has 0 amide bonds. The lowest BCUT2D eigenvalue weighted by Crippen LogP contribution is -2.44. The Bertz CT molecular complexity index is 1480. The van der Waals surface area contributed by atoms with E-state index in [4.69, 9.17) is 4.74 Å². The van der Waals surface area contributed by atoms with Crippen molar-refractivity contribution in [3.05, 3.63) is 58.3 Å². The van der Waals surface area contributed by atoms with Gasteiger partial charge < -0.3 is 15.2 Å². The second kappa shape index (κ2) is 12.6. The van der Waals surface area contributed by atoms with Gasteiger partial charge in [-0.2, -0.15) is 5.26 Å². The lowest BCUT2D eigenvalue weighted by atomic mass is 10.0. The number of nitrogens with zero attached hydrogens (tertiary/aromatic N) is 2. The van der Waals surface area contributed by atoms with E-state index in [0.717, 1.165) is 66.3 Å². The van der Waals surface area contributed by atoms with E-state index < -0.39 is 15.6 Å². The Morgan fingerprint density at radius 1 is 1.13 bits per heavy atom. The molecular formula is C29H36N4O4S2. The summed E-state index contributed by atoms with van der Waals surface area (Å²) in [5.41, 5.74) is 1.64. The molecule has 39 heavy (non-hydrogen) atoms. The fraction of sp³-hybridized carbons (Fsp3) is 0.414. The summed E-state index contributed by atoms with van der Waals surface area (Å²) in [5.74, 6) is 0. The van der Waals surface area contributed by atoms with Gasteiger partial charge in [-0.3, -0.25) is 4.90 Å². The molecule has 1 fully saturated rings. The van der Waals surface area contributed by atoms with E-state index in [1.54, 1.807) is 20.8 Å². The molecule has 0 bridgehead atoms. The van der Waals surface area contributed by atoms with Crippen molar-refractivity contribution in [2.75, 3.05) is 51.3 Å². The molecule has 0 unspecified atom stereocenters. The number of anilines is 1. The van der Waals surface area contributed by atoms with Crippen LogP contribution in [0.15, 0.2) is 53.4 Å². The first-order valence-electron chi connectivity index (χ1n) is 13.1. The number of sulfonamides is 1. The molecule has 1 aliphatic heterocycles. The molecule has 208 valence electrons. The number of fused-ring (bicyclic) bond motifs is 1. The average Bonchev–Trinajstić information content (AvgIpc) is 3.39. The number of morpholine rings is 1. The van der Waals surface area contributed by atoms with Crippen molar-refractivity contribution in [1.29, 1.82) is 5.26 Å². The summed E-state index contributed by atoms with van der Waals surface area (Å²) in [4.78, 5) is 3.79. The first-order chi connectivity index (χ1) is 18.6. The summed E-state index contributed by atoms with van der Waals surface area (Å²) >= 11 is 1.45. The van der Waals surface area contributed by atoms with Gasteiger partial charge in [0.05, 0.1) is 13.2 Å². The van der Waals surface area contributed by atoms with E-state index in [9.17, 15) is 18.8 Å². The molecule has 4 rings (SSSR count). The summed E-state index contributed by atoms with van der Waals surface area (Å²) in [5, 5.41) is 24.7. The molecule has 2 aromatic carbocycles. The Labute approximate surface area is 235 Å². The standard InChI is InChI=1S/C29H36N4O4S2/c1-21(28(20-30)39(35,36)32-29(2,3)10-15-34)26-8-9-27(38-26)24-5-4-23-19-25(7-6-22(23)18-24)31-11-12-33-13-16-37-17-14-33/h4-9,18-19,31-32,34H,10-17H2,1-3H3. The number of aliphatic hydroxyl groups excluding tert-OH is 1. The van der Waals surface area contributed by atoms with E-state index in [-0.39, 0.29) is 17.9 Å². The summed E-state index contributed by atoms with van der Waals surface area (Å²) in [6.45, 7) is 10.3. The molecule has 0 atom stereocenters. The fourth-order valence-electron chi connectivity index (χ4n) is 4.59. The minimum atomic E-state index is -4.05. The maximum atomic E-state index is 13.0. The molecule has 3 N–H and O–H groups in total. The zero-order chi connectivity index (χ0) is 28.0. The van der Waals surface area contributed by atoms with Crippen LogP contribution in [0.3, 0.4) is 0 Å². The van der Waals surface area contributed by atoms with Crippen molar-refractivity contribution in [2.45, 2.75) is 32.7 Å². The van der Waals surface area contributed by atoms with E-state index >= 15 is 0 Å². The normalized spacial score (nSPS) is 15.7. The number of rotatable bonds is 11. The van der Waals surface area contributed by atoms with Gasteiger partial charge in [0.25, 0.3) is 10.0 Å². The number of ether oxygens (including phenoxy) is 1. The Hall–Kier alpha value is -2.78. The summed E-state index contributed by atoms with van der Waals surface area (Å²) in [7, 11) is -4.05. The van der Waals surface area contributed by atoms with Crippen molar-refractivity contribution in [3.63, 3.8) is 0 Å². The van der Waals surface area contributed by atoms with Crippen LogP contribution in [0.4, 0.5) is 5.69 Å². The van der Waals surface area contributed by atoms with Crippen LogP contribution in [0.5, 0.6) is 0 Å². The number of allylic oxidation sites excluding steroid dienone is 2. The zero-order valence-electron chi connectivity index (χ0n) is 22.7. The van der Waals surface area contributed by atoms with Gasteiger partial charge in [0, 0.05) is 53.8 Å². The number of benzene rings is 2. The minimum Gasteiger partial charge on any atom is -0.396 e. The third-order valence-corrected chi connectivity index (χ3v) is 9.83. The Morgan fingerprint density at radius 2 is 1.85 bits per heavy atom. The second-order valence-corrected chi connectivity index (χ2v) is 13.1. The summed E-state index contributed by atoms with van der Waals surface area (Å²) in [6, 6.07) is 18.3. The monoisotopic (exact) mass is 568 g/mol. The molecular weight excluding hydrogens is 532 g/mol. The molecule has 10 heteroatoms. The molecule has 3 aromatic rings. The number of thiophene rings is 1. The van der Waals surface area contributed by atoms with Crippen LogP contribution < -0.4 is 10.0 Å².